The molecule has 5 nitrogen and oxygen atoms in total. The van der Waals surface area contributed by atoms with Crippen molar-refractivity contribution in [3.63, 3.8) is 0 Å². The van der Waals surface area contributed by atoms with E-state index in [2.05, 4.69) is 5.32 Å². The van der Waals surface area contributed by atoms with Gasteiger partial charge in [0, 0.05) is 16.1 Å². The van der Waals surface area contributed by atoms with Crippen LogP contribution in [0.15, 0.2) is 66.7 Å². The molecule has 3 aromatic carbocycles. The number of ether oxygens (including phenoxy) is 3. The van der Waals surface area contributed by atoms with Gasteiger partial charge in [-0.15, -0.1) is 0 Å². The third kappa shape index (κ3) is 5.24. The standard InChI is InChI=1S/C24H24ClNO4/c1-16(18-10-13-22(28-2)23(14-18)29-3)26-24(27)17-8-11-20(12-9-17)30-15-19-6-4-5-7-21(19)25/h4-14,16H,15H2,1-3H3,(H,26,27)/t16-/m1/s1. The summed E-state index contributed by atoms with van der Waals surface area (Å²) in [6.45, 7) is 2.28. The highest BCUT2D eigenvalue weighted by molar-refractivity contribution is 6.31. The van der Waals surface area contributed by atoms with Gasteiger partial charge in [0.2, 0.25) is 0 Å². The second-order valence-corrected chi connectivity index (χ2v) is 7.12. The molecule has 0 bridgehead atoms. The lowest BCUT2D eigenvalue weighted by molar-refractivity contribution is 0.0939. The lowest BCUT2D eigenvalue weighted by atomic mass is 10.1. The second-order valence-electron chi connectivity index (χ2n) is 6.71. The fraction of sp³-hybridized carbons (Fsp3) is 0.208. The Morgan fingerprint density at radius 2 is 1.67 bits per heavy atom. The van der Waals surface area contributed by atoms with Gasteiger partial charge in [0.15, 0.2) is 11.5 Å². The topological polar surface area (TPSA) is 56.8 Å². The summed E-state index contributed by atoms with van der Waals surface area (Å²) in [5.41, 5.74) is 2.37. The molecule has 3 aromatic rings. The fourth-order valence-corrected chi connectivity index (χ4v) is 3.15. The number of halogens is 1. The molecule has 0 spiro atoms. The summed E-state index contributed by atoms with van der Waals surface area (Å²) in [6.07, 6.45) is 0. The van der Waals surface area contributed by atoms with Gasteiger partial charge in [-0.2, -0.15) is 0 Å². The van der Waals surface area contributed by atoms with Gasteiger partial charge >= 0.3 is 0 Å². The largest absolute Gasteiger partial charge is 0.493 e. The van der Waals surface area contributed by atoms with Gasteiger partial charge in [-0.25, -0.2) is 0 Å². The normalized spacial score (nSPS) is 11.5. The number of hydrogen-bond acceptors (Lipinski definition) is 4. The minimum absolute atomic E-state index is 0.171. The first kappa shape index (κ1) is 21.5. The SMILES string of the molecule is COc1ccc([C@@H](C)NC(=O)c2ccc(OCc3ccccc3Cl)cc2)cc1OC. The maximum Gasteiger partial charge on any atom is 0.251 e. The van der Waals surface area contributed by atoms with E-state index in [1.54, 1.807) is 38.5 Å². The quantitative estimate of drug-likeness (QED) is 0.523. The molecule has 0 aliphatic rings. The van der Waals surface area contributed by atoms with E-state index in [4.69, 9.17) is 25.8 Å². The Hall–Kier alpha value is -3.18. The van der Waals surface area contributed by atoms with Crippen LogP contribution in [-0.4, -0.2) is 20.1 Å². The van der Waals surface area contributed by atoms with E-state index >= 15 is 0 Å². The third-order valence-electron chi connectivity index (χ3n) is 4.72. The molecule has 0 aliphatic carbocycles. The minimum atomic E-state index is -0.201. The van der Waals surface area contributed by atoms with Crippen molar-refractivity contribution in [3.8, 4) is 17.2 Å². The average molecular weight is 426 g/mol. The molecule has 6 heteroatoms. The maximum atomic E-state index is 12.6. The molecule has 0 radical (unpaired) electrons. The van der Waals surface area contributed by atoms with Crippen LogP contribution in [0.4, 0.5) is 0 Å². The Morgan fingerprint density at radius 3 is 2.33 bits per heavy atom. The smallest absolute Gasteiger partial charge is 0.251 e. The third-order valence-corrected chi connectivity index (χ3v) is 5.09. The number of benzene rings is 3. The van der Waals surface area contributed by atoms with Crippen LogP contribution in [0.25, 0.3) is 0 Å². The predicted octanol–water partition coefficient (Wildman–Crippen LogP) is 5.43. The van der Waals surface area contributed by atoms with E-state index in [1.165, 1.54) is 0 Å². The summed E-state index contributed by atoms with van der Waals surface area (Å²) in [7, 11) is 3.17. The monoisotopic (exact) mass is 425 g/mol. The van der Waals surface area contributed by atoms with Crippen LogP contribution in [0.5, 0.6) is 17.2 Å². The molecule has 0 heterocycles. The van der Waals surface area contributed by atoms with Crippen LogP contribution >= 0.6 is 11.6 Å². The molecule has 156 valence electrons. The number of amides is 1. The summed E-state index contributed by atoms with van der Waals surface area (Å²) >= 11 is 6.14. The molecule has 30 heavy (non-hydrogen) atoms. The van der Waals surface area contributed by atoms with Crippen LogP contribution in [-0.2, 0) is 6.61 Å². The molecule has 0 unspecified atom stereocenters. The van der Waals surface area contributed by atoms with E-state index in [1.807, 2.05) is 49.4 Å². The number of nitrogens with one attached hydrogen (secondary N) is 1. The molecule has 0 saturated carbocycles. The number of methoxy groups -OCH3 is 2. The van der Waals surface area contributed by atoms with Crippen LogP contribution < -0.4 is 19.5 Å². The van der Waals surface area contributed by atoms with Crippen LogP contribution in [0.3, 0.4) is 0 Å². The molecule has 1 N–H and O–H groups in total. The van der Waals surface area contributed by atoms with Crippen molar-refractivity contribution in [2.24, 2.45) is 0 Å². The zero-order valence-corrected chi connectivity index (χ0v) is 17.9. The van der Waals surface area contributed by atoms with E-state index in [-0.39, 0.29) is 11.9 Å². The van der Waals surface area contributed by atoms with Gasteiger partial charge < -0.3 is 19.5 Å². The Labute approximate surface area is 181 Å². The van der Waals surface area contributed by atoms with Gasteiger partial charge in [-0.1, -0.05) is 35.9 Å². The summed E-state index contributed by atoms with van der Waals surface area (Å²) in [4.78, 5) is 12.6. The molecular weight excluding hydrogens is 402 g/mol. The van der Waals surface area contributed by atoms with E-state index in [9.17, 15) is 4.79 Å². The first-order valence-corrected chi connectivity index (χ1v) is 9.88. The molecule has 0 aliphatic heterocycles. The summed E-state index contributed by atoms with van der Waals surface area (Å²) in [6, 6.07) is 19.9. The van der Waals surface area contributed by atoms with Crippen LogP contribution in [0.1, 0.15) is 34.5 Å². The van der Waals surface area contributed by atoms with E-state index in [0.717, 1.165) is 11.1 Å². The van der Waals surface area contributed by atoms with Gasteiger partial charge in [0.25, 0.3) is 5.91 Å². The zero-order chi connectivity index (χ0) is 21.5. The Morgan fingerprint density at radius 1 is 0.967 bits per heavy atom. The van der Waals surface area contributed by atoms with E-state index in [0.29, 0.717) is 34.4 Å². The van der Waals surface area contributed by atoms with Crippen LogP contribution in [0, 0.1) is 0 Å². The highest BCUT2D eigenvalue weighted by Gasteiger charge is 2.14. The lowest BCUT2D eigenvalue weighted by Gasteiger charge is -2.17. The van der Waals surface area contributed by atoms with Gasteiger partial charge in [0.05, 0.1) is 20.3 Å². The number of carbonyl (C=O) groups is 1. The van der Waals surface area contributed by atoms with Crippen molar-refractivity contribution in [1.29, 1.82) is 0 Å². The first-order valence-electron chi connectivity index (χ1n) is 9.51. The molecule has 0 saturated heterocycles. The summed E-state index contributed by atoms with van der Waals surface area (Å²) in [5.74, 6) is 1.76. The van der Waals surface area contributed by atoms with Gasteiger partial charge in [-0.05, 0) is 55.0 Å². The molecule has 0 fully saturated rings. The van der Waals surface area contributed by atoms with Gasteiger partial charge in [-0.3, -0.25) is 4.79 Å². The lowest BCUT2D eigenvalue weighted by Crippen LogP contribution is -2.26. The van der Waals surface area contributed by atoms with Crippen molar-refractivity contribution in [2.75, 3.05) is 14.2 Å². The van der Waals surface area contributed by atoms with Crippen molar-refractivity contribution in [1.82, 2.24) is 5.32 Å². The molecular formula is C24H24ClNO4. The number of carbonyl (C=O) groups excluding carboxylic acids is 1. The Kier molecular flexibility index (Phi) is 7.20. The van der Waals surface area contributed by atoms with Crippen LogP contribution in [0.2, 0.25) is 5.02 Å². The van der Waals surface area contributed by atoms with Crippen molar-refractivity contribution in [2.45, 2.75) is 19.6 Å². The van der Waals surface area contributed by atoms with Crippen molar-refractivity contribution < 1.29 is 19.0 Å². The zero-order valence-electron chi connectivity index (χ0n) is 17.1. The highest BCUT2D eigenvalue weighted by Crippen LogP contribution is 2.30. The van der Waals surface area contributed by atoms with Crippen molar-refractivity contribution in [3.05, 3.63) is 88.4 Å². The molecule has 1 atom stereocenters. The number of rotatable bonds is 8. The summed E-state index contributed by atoms with van der Waals surface area (Å²) < 4.78 is 16.4. The Balaban J connectivity index is 1.61. The number of hydrogen-bond donors (Lipinski definition) is 1. The minimum Gasteiger partial charge on any atom is -0.493 e. The average Bonchev–Trinajstić information content (AvgIpc) is 2.78. The molecule has 1 amide bonds. The Bertz CT molecular complexity index is 1000. The maximum absolute atomic E-state index is 12.6. The first-order chi connectivity index (χ1) is 14.5. The van der Waals surface area contributed by atoms with E-state index < -0.39 is 0 Å². The molecule has 3 rings (SSSR count). The second kappa shape index (κ2) is 10.0. The summed E-state index contributed by atoms with van der Waals surface area (Å²) in [5, 5.41) is 3.66. The predicted molar refractivity (Wildman–Crippen MR) is 118 cm³/mol. The molecule has 0 aromatic heterocycles. The highest BCUT2D eigenvalue weighted by atomic mass is 35.5. The fourth-order valence-electron chi connectivity index (χ4n) is 2.96. The van der Waals surface area contributed by atoms with Gasteiger partial charge in [0.1, 0.15) is 12.4 Å². The van der Waals surface area contributed by atoms with Crippen molar-refractivity contribution >= 4 is 17.5 Å².